The van der Waals surface area contributed by atoms with E-state index in [9.17, 15) is 0 Å². The number of hydrogen-bond acceptors (Lipinski definition) is 3. The third-order valence-electron chi connectivity index (χ3n) is 3.55. The summed E-state index contributed by atoms with van der Waals surface area (Å²) in [4.78, 5) is 4.37. The first-order valence-corrected chi connectivity index (χ1v) is 6.13. The highest BCUT2D eigenvalue weighted by atomic mass is 16.5. The van der Waals surface area contributed by atoms with E-state index >= 15 is 0 Å². The normalized spacial score (nSPS) is 19.9. The minimum Gasteiger partial charge on any atom is -0.495 e. The Bertz CT molecular complexity index is 343. The Hall–Kier alpha value is -1.25. The van der Waals surface area contributed by atoms with Crippen molar-refractivity contribution in [2.75, 3.05) is 12.4 Å². The average Bonchev–Trinajstić information content (AvgIpc) is 3.19. The van der Waals surface area contributed by atoms with Crippen LogP contribution in [0.2, 0.25) is 0 Å². The highest BCUT2D eigenvalue weighted by molar-refractivity contribution is 5.39. The van der Waals surface area contributed by atoms with Crippen molar-refractivity contribution in [1.29, 1.82) is 0 Å². The van der Waals surface area contributed by atoms with E-state index in [0.717, 1.165) is 23.4 Å². The summed E-state index contributed by atoms with van der Waals surface area (Å²) >= 11 is 0. The van der Waals surface area contributed by atoms with E-state index in [1.807, 2.05) is 12.1 Å². The largest absolute Gasteiger partial charge is 0.495 e. The molecule has 3 rings (SSSR count). The average molecular weight is 218 g/mol. The van der Waals surface area contributed by atoms with Crippen LogP contribution in [0.15, 0.2) is 18.3 Å². The molecule has 2 aliphatic carbocycles. The van der Waals surface area contributed by atoms with Gasteiger partial charge in [0.05, 0.1) is 13.3 Å². The van der Waals surface area contributed by atoms with Crippen molar-refractivity contribution in [2.45, 2.75) is 31.7 Å². The fraction of sp³-hybridized carbons (Fsp3) is 0.615. The van der Waals surface area contributed by atoms with Crippen LogP contribution in [-0.2, 0) is 0 Å². The Morgan fingerprint density at radius 3 is 2.38 bits per heavy atom. The van der Waals surface area contributed by atoms with Gasteiger partial charge in [0.2, 0.25) is 0 Å². The zero-order valence-electron chi connectivity index (χ0n) is 9.65. The molecular weight excluding hydrogens is 200 g/mol. The highest BCUT2D eigenvalue weighted by Gasteiger charge is 2.41. The van der Waals surface area contributed by atoms with Gasteiger partial charge in [-0.25, -0.2) is 4.98 Å². The zero-order valence-corrected chi connectivity index (χ0v) is 9.65. The van der Waals surface area contributed by atoms with Crippen molar-refractivity contribution >= 4 is 5.82 Å². The zero-order chi connectivity index (χ0) is 11.0. The van der Waals surface area contributed by atoms with Gasteiger partial charge in [-0.3, -0.25) is 0 Å². The number of nitrogens with one attached hydrogen (secondary N) is 1. The van der Waals surface area contributed by atoms with Crippen LogP contribution in [-0.4, -0.2) is 18.1 Å². The van der Waals surface area contributed by atoms with E-state index in [0.29, 0.717) is 6.04 Å². The van der Waals surface area contributed by atoms with E-state index in [1.165, 1.54) is 25.7 Å². The van der Waals surface area contributed by atoms with Gasteiger partial charge in [0.1, 0.15) is 11.6 Å². The Morgan fingerprint density at radius 2 is 1.94 bits per heavy atom. The molecule has 0 atom stereocenters. The molecule has 2 saturated carbocycles. The van der Waals surface area contributed by atoms with Crippen molar-refractivity contribution in [3.8, 4) is 5.75 Å². The molecule has 3 heteroatoms. The minimum atomic E-state index is 0.667. The van der Waals surface area contributed by atoms with Crippen LogP contribution in [0, 0.1) is 11.8 Å². The first kappa shape index (κ1) is 9.94. The van der Waals surface area contributed by atoms with Crippen LogP contribution in [0.25, 0.3) is 0 Å². The monoisotopic (exact) mass is 218 g/mol. The minimum absolute atomic E-state index is 0.667. The maximum atomic E-state index is 5.10. The van der Waals surface area contributed by atoms with Crippen molar-refractivity contribution < 1.29 is 4.74 Å². The molecule has 1 aromatic rings. The first-order valence-electron chi connectivity index (χ1n) is 6.13. The SMILES string of the molecule is COc1ccc(NC(C2CC2)C2CC2)nc1. The lowest BCUT2D eigenvalue weighted by Crippen LogP contribution is -2.24. The molecule has 0 spiro atoms. The van der Waals surface area contributed by atoms with E-state index in [1.54, 1.807) is 13.3 Å². The van der Waals surface area contributed by atoms with Crippen LogP contribution < -0.4 is 10.1 Å². The smallest absolute Gasteiger partial charge is 0.137 e. The van der Waals surface area contributed by atoms with Gasteiger partial charge >= 0.3 is 0 Å². The molecule has 0 amide bonds. The predicted molar refractivity (Wildman–Crippen MR) is 63.6 cm³/mol. The molecule has 0 aromatic carbocycles. The molecule has 3 nitrogen and oxygen atoms in total. The Labute approximate surface area is 96.2 Å². The van der Waals surface area contributed by atoms with Crippen molar-refractivity contribution in [3.63, 3.8) is 0 Å². The summed E-state index contributed by atoms with van der Waals surface area (Å²) in [5, 5.41) is 3.59. The summed E-state index contributed by atoms with van der Waals surface area (Å²) in [6.45, 7) is 0. The topological polar surface area (TPSA) is 34.1 Å². The van der Waals surface area contributed by atoms with Gasteiger partial charge in [0.15, 0.2) is 0 Å². The van der Waals surface area contributed by atoms with Gasteiger partial charge < -0.3 is 10.1 Å². The van der Waals surface area contributed by atoms with Crippen LogP contribution in [0.4, 0.5) is 5.82 Å². The highest BCUT2D eigenvalue weighted by Crippen LogP contribution is 2.45. The molecule has 2 fully saturated rings. The molecule has 1 heterocycles. The van der Waals surface area contributed by atoms with E-state index in [2.05, 4.69) is 10.3 Å². The quantitative estimate of drug-likeness (QED) is 0.825. The summed E-state index contributed by atoms with van der Waals surface area (Å²) in [6, 6.07) is 4.64. The second kappa shape index (κ2) is 3.96. The fourth-order valence-electron chi connectivity index (χ4n) is 2.29. The van der Waals surface area contributed by atoms with Crippen LogP contribution in [0.1, 0.15) is 25.7 Å². The van der Waals surface area contributed by atoms with Crippen molar-refractivity contribution in [1.82, 2.24) is 4.98 Å². The Balaban J connectivity index is 1.66. The third kappa shape index (κ3) is 2.13. The Morgan fingerprint density at radius 1 is 1.25 bits per heavy atom. The predicted octanol–water partition coefficient (Wildman–Crippen LogP) is 2.69. The van der Waals surface area contributed by atoms with Gasteiger partial charge in [0.25, 0.3) is 0 Å². The summed E-state index contributed by atoms with van der Waals surface area (Å²) in [5.74, 6) is 3.61. The first-order chi connectivity index (χ1) is 7.86. The molecule has 16 heavy (non-hydrogen) atoms. The molecule has 1 N–H and O–H groups in total. The lowest BCUT2D eigenvalue weighted by atomic mass is 10.1. The van der Waals surface area contributed by atoms with Gasteiger partial charge in [-0.15, -0.1) is 0 Å². The van der Waals surface area contributed by atoms with E-state index < -0.39 is 0 Å². The summed E-state index contributed by atoms with van der Waals surface area (Å²) in [5.41, 5.74) is 0. The number of anilines is 1. The number of aromatic nitrogens is 1. The number of methoxy groups -OCH3 is 1. The third-order valence-corrected chi connectivity index (χ3v) is 3.55. The summed E-state index contributed by atoms with van der Waals surface area (Å²) < 4.78 is 5.10. The van der Waals surface area contributed by atoms with Crippen LogP contribution in [0.3, 0.4) is 0 Å². The molecule has 0 saturated heterocycles. The molecule has 1 aromatic heterocycles. The lowest BCUT2D eigenvalue weighted by molar-refractivity contribution is 0.413. The Kier molecular flexibility index (Phi) is 2.46. The molecule has 0 unspecified atom stereocenters. The number of rotatable bonds is 5. The summed E-state index contributed by atoms with van der Waals surface area (Å²) in [6.07, 6.45) is 7.35. The van der Waals surface area contributed by atoms with Gasteiger partial charge in [-0.2, -0.15) is 0 Å². The molecular formula is C13H18N2O. The maximum absolute atomic E-state index is 5.10. The van der Waals surface area contributed by atoms with Gasteiger partial charge in [0, 0.05) is 6.04 Å². The number of pyridine rings is 1. The second-order valence-electron chi connectivity index (χ2n) is 4.93. The number of ether oxygens (including phenoxy) is 1. The van der Waals surface area contributed by atoms with E-state index in [-0.39, 0.29) is 0 Å². The molecule has 0 bridgehead atoms. The maximum Gasteiger partial charge on any atom is 0.137 e. The van der Waals surface area contributed by atoms with Crippen molar-refractivity contribution in [2.24, 2.45) is 11.8 Å². The van der Waals surface area contributed by atoms with Gasteiger partial charge in [-0.1, -0.05) is 0 Å². The fourth-order valence-corrected chi connectivity index (χ4v) is 2.29. The van der Waals surface area contributed by atoms with Gasteiger partial charge in [-0.05, 0) is 49.7 Å². The summed E-state index contributed by atoms with van der Waals surface area (Å²) in [7, 11) is 1.67. The number of nitrogens with zero attached hydrogens (tertiary/aromatic N) is 1. The van der Waals surface area contributed by atoms with Crippen molar-refractivity contribution in [3.05, 3.63) is 18.3 Å². The van der Waals surface area contributed by atoms with Crippen LogP contribution in [0.5, 0.6) is 5.75 Å². The molecule has 0 aliphatic heterocycles. The lowest BCUT2D eigenvalue weighted by Gasteiger charge is -2.18. The molecule has 86 valence electrons. The van der Waals surface area contributed by atoms with Crippen LogP contribution >= 0.6 is 0 Å². The second-order valence-corrected chi connectivity index (χ2v) is 4.93. The molecule has 0 radical (unpaired) electrons. The number of hydrogen-bond donors (Lipinski definition) is 1. The standard InChI is InChI=1S/C13H18N2O/c1-16-11-6-7-12(14-8-11)15-13(9-2-3-9)10-4-5-10/h6-10,13H,2-5H2,1H3,(H,14,15). The molecule has 2 aliphatic rings. The van der Waals surface area contributed by atoms with E-state index in [4.69, 9.17) is 4.74 Å².